The van der Waals surface area contributed by atoms with E-state index in [9.17, 15) is 18.8 Å². The molecule has 2 aliphatic heterocycles. The molecule has 1 unspecified atom stereocenters. The van der Waals surface area contributed by atoms with Crippen molar-refractivity contribution in [3.63, 3.8) is 0 Å². The highest BCUT2D eigenvalue weighted by Gasteiger charge is 2.38. The van der Waals surface area contributed by atoms with Gasteiger partial charge in [-0.1, -0.05) is 27.7 Å². The maximum absolute atomic E-state index is 14.8. The third-order valence-electron chi connectivity index (χ3n) is 7.21. The first-order chi connectivity index (χ1) is 18.2. The van der Waals surface area contributed by atoms with Gasteiger partial charge in [-0.15, -0.1) is 0 Å². The first kappa shape index (κ1) is 26.8. The van der Waals surface area contributed by atoms with Crippen LogP contribution in [0.1, 0.15) is 73.0 Å². The number of alkyl carbamates (subject to hydrolysis) is 1. The number of benzene rings is 1. The number of nitrogens with one attached hydrogen (secondary N) is 1. The lowest BCUT2D eigenvalue weighted by molar-refractivity contribution is -0.137. The highest BCUT2D eigenvalue weighted by molar-refractivity contribution is 8.76. The number of carboxylic acid groups (broad SMARTS) is 1. The summed E-state index contributed by atoms with van der Waals surface area (Å²) in [6.07, 6.45) is 4.53. The normalized spacial score (nSPS) is 18.6. The topological polar surface area (TPSA) is 109 Å². The van der Waals surface area contributed by atoms with Gasteiger partial charge in [0.2, 0.25) is 5.91 Å². The average Bonchev–Trinajstić information content (AvgIpc) is 3.26. The van der Waals surface area contributed by atoms with E-state index in [1.165, 1.54) is 6.07 Å². The molecular weight excluding hydrogens is 529 g/mol. The number of halogens is 1. The van der Waals surface area contributed by atoms with Crippen molar-refractivity contribution < 1.29 is 28.6 Å². The Bertz CT molecular complexity index is 1350. The summed E-state index contributed by atoms with van der Waals surface area (Å²) in [5.41, 5.74) is 5.34. The Morgan fingerprint density at radius 1 is 1.34 bits per heavy atom. The van der Waals surface area contributed by atoms with Gasteiger partial charge in [-0.2, -0.15) is 0 Å². The van der Waals surface area contributed by atoms with E-state index in [1.54, 1.807) is 33.4 Å². The first-order valence-electron chi connectivity index (χ1n) is 12.8. The molecule has 0 bridgehead atoms. The van der Waals surface area contributed by atoms with Crippen LogP contribution in [0.4, 0.5) is 9.18 Å². The van der Waals surface area contributed by atoms with E-state index in [0.717, 1.165) is 27.8 Å². The fourth-order valence-corrected chi connectivity index (χ4v) is 7.63. The van der Waals surface area contributed by atoms with Crippen molar-refractivity contribution in [3.8, 4) is 0 Å². The van der Waals surface area contributed by atoms with Crippen molar-refractivity contribution in [2.45, 2.75) is 70.2 Å². The largest absolute Gasteiger partial charge is 0.481 e. The molecule has 2 amide bonds. The lowest BCUT2D eigenvalue weighted by Crippen LogP contribution is -2.33. The number of carboxylic acids is 1. The molecule has 2 N–H and O–H groups in total. The number of pyridine rings is 1. The molecular formula is C27H30FN3O5S2. The predicted octanol–water partition coefficient (Wildman–Crippen LogP) is 5.51. The van der Waals surface area contributed by atoms with Crippen molar-refractivity contribution >= 4 is 56.2 Å². The second-order valence-corrected chi connectivity index (χ2v) is 12.8. The van der Waals surface area contributed by atoms with Crippen LogP contribution < -0.4 is 5.32 Å². The van der Waals surface area contributed by atoms with E-state index in [4.69, 9.17) is 14.8 Å². The van der Waals surface area contributed by atoms with Gasteiger partial charge in [-0.3, -0.25) is 9.59 Å². The highest BCUT2D eigenvalue weighted by Crippen LogP contribution is 2.46. The van der Waals surface area contributed by atoms with Gasteiger partial charge in [0.1, 0.15) is 12.4 Å². The van der Waals surface area contributed by atoms with Gasteiger partial charge in [0, 0.05) is 40.9 Å². The van der Waals surface area contributed by atoms with Gasteiger partial charge in [0.25, 0.3) is 0 Å². The summed E-state index contributed by atoms with van der Waals surface area (Å²) in [7, 11) is 3.14. The summed E-state index contributed by atoms with van der Waals surface area (Å²) >= 11 is 0. The summed E-state index contributed by atoms with van der Waals surface area (Å²) in [6, 6.07) is 1.11. The smallest absolute Gasteiger partial charge is 0.407 e. The molecule has 5 rings (SSSR count). The molecule has 0 spiro atoms. The number of amides is 2. The molecule has 2 aromatic rings. The minimum atomic E-state index is -0.800. The molecule has 0 fully saturated rings. The number of nitrogens with zero attached hydrogens (tertiary/aromatic N) is 2. The maximum atomic E-state index is 14.8. The molecule has 0 radical (unpaired) electrons. The van der Waals surface area contributed by atoms with E-state index in [-0.39, 0.29) is 36.0 Å². The summed E-state index contributed by atoms with van der Waals surface area (Å²) in [5, 5.41) is 12.7. The van der Waals surface area contributed by atoms with Gasteiger partial charge in [-0.25, -0.2) is 14.2 Å². The first-order valence-corrected chi connectivity index (χ1v) is 15.2. The molecule has 1 aromatic heterocycles. The Hall–Kier alpha value is -2.79. The number of carbonyl (C=O) groups is 3. The molecule has 0 saturated heterocycles. The van der Waals surface area contributed by atoms with E-state index >= 15 is 0 Å². The lowest BCUT2D eigenvalue weighted by Gasteiger charge is -2.29. The molecule has 0 saturated carbocycles. The molecule has 38 heavy (non-hydrogen) atoms. The van der Waals surface area contributed by atoms with Crippen LogP contribution in [0.15, 0.2) is 12.1 Å². The molecule has 1 aliphatic carbocycles. The standard InChI is InChI=1S/C27H30FN3O5S2/c1-14(38-37-10-4-7-23(33)34)13-36-27(35)30-19-9-8-16-15(2)18(28)11-20-24(16)25(19)17-12-31-21(26(17)29-20)5-3-6-22(31)32/h5,11,14,19H,3-4,6-10,12-13H2,1-2H3,(H,30,35)(H,33,34)/t14?,19-/m0/s1. The van der Waals surface area contributed by atoms with Gasteiger partial charge in [0.05, 0.1) is 29.5 Å². The number of rotatable bonds is 9. The van der Waals surface area contributed by atoms with Gasteiger partial charge < -0.3 is 20.1 Å². The number of allylic oxidation sites excluding steroid dienone is 1. The van der Waals surface area contributed by atoms with Crippen LogP contribution in [0, 0.1) is 12.7 Å². The third-order valence-corrected chi connectivity index (χ3v) is 10.2. The van der Waals surface area contributed by atoms with E-state index in [0.29, 0.717) is 61.2 Å². The summed E-state index contributed by atoms with van der Waals surface area (Å²) in [5.74, 6) is -0.335. The lowest BCUT2D eigenvalue weighted by atomic mass is 9.82. The second kappa shape index (κ2) is 11.1. The maximum Gasteiger partial charge on any atom is 0.407 e. The Labute approximate surface area is 228 Å². The fraction of sp³-hybridized carbons (Fsp3) is 0.481. The summed E-state index contributed by atoms with van der Waals surface area (Å²) < 4.78 is 20.3. The van der Waals surface area contributed by atoms with Crippen LogP contribution in [0.3, 0.4) is 0 Å². The third kappa shape index (κ3) is 5.22. The van der Waals surface area contributed by atoms with Crippen LogP contribution >= 0.6 is 21.6 Å². The molecule has 2 atom stereocenters. The fourth-order valence-electron chi connectivity index (χ4n) is 5.41. The Kier molecular flexibility index (Phi) is 7.85. The number of aliphatic carboxylic acids is 1. The quantitative estimate of drug-likeness (QED) is 0.306. The Morgan fingerprint density at radius 3 is 2.95 bits per heavy atom. The van der Waals surface area contributed by atoms with Gasteiger partial charge in [0.15, 0.2) is 0 Å². The van der Waals surface area contributed by atoms with E-state index in [2.05, 4.69) is 5.32 Å². The van der Waals surface area contributed by atoms with Crippen LogP contribution in [-0.4, -0.2) is 50.6 Å². The zero-order chi connectivity index (χ0) is 27.0. The minimum absolute atomic E-state index is 0.0408. The molecule has 1 aromatic carbocycles. The van der Waals surface area contributed by atoms with Crippen molar-refractivity contribution in [1.29, 1.82) is 0 Å². The van der Waals surface area contributed by atoms with E-state index < -0.39 is 12.1 Å². The zero-order valence-electron chi connectivity index (χ0n) is 21.3. The number of hydrogen-bond acceptors (Lipinski definition) is 7. The van der Waals surface area contributed by atoms with Crippen molar-refractivity contribution in [1.82, 2.24) is 15.2 Å². The van der Waals surface area contributed by atoms with Crippen molar-refractivity contribution in [3.05, 3.63) is 45.9 Å². The number of hydrogen-bond donors (Lipinski definition) is 2. The van der Waals surface area contributed by atoms with E-state index in [1.807, 2.05) is 13.0 Å². The zero-order valence-corrected chi connectivity index (χ0v) is 23.0. The minimum Gasteiger partial charge on any atom is -0.481 e. The van der Waals surface area contributed by atoms with Crippen LogP contribution in [-0.2, 0) is 27.3 Å². The molecule has 3 heterocycles. The van der Waals surface area contributed by atoms with Crippen molar-refractivity contribution in [2.75, 3.05) is 12.4 Å². The number of aryl methyl sites for hydroxylation is 1. The second-order valence-electron chi connectivity index (χ2n) is 9.88. The number of ether oxygens (including phenoxy) is 1. The predicted molar refractivity (Wildman–Crippen MR) is 146 cm³/mol. The molecule has 3 aliphatic rings. The Balaban J connectivity index is 1.34. The number of carbonyl (C=O) groups excluding carboxylic acids is 2. The van der Waals surface area contributed by atoms with Crippen molar-refractivity contribution in [2.24, 2.45) is 0 Å². The number of fused-ring (bicyclic) bond motifs is 4. The van der Waals surface area contributed by atoms with Gasteiger partial charge >= 0.3 is 12.1 Å². The van der Waals surface area contributed by atoms with Crippen LogP contribution in [0.2, 0.25) is 0 Å². The van der Waals surface area contributed by atoms with Crippen LogP contribution in [0.5, 0.6) is 0 Å². The summed E-state index contributed by atoms with van der Waals surface area (Å²) in [6.45, 7) is 4.34. The highest BCUT2D eigenvalue weighted by atomic mass is 33.1. The monoisotopic (exact) mass is 559 g/mol. The number of aromatic nitrogens is 1. The molecule has 8 nitrogen and oxygen atoms in total. The average molecular weight is 560 g/mol. The van der Waals surface area contributed by atoms with Crippen LogP contribution in [0.25, 0.3) is 16.6 Å². The summed E-state index contributed by atoms with van der Waals surface area (Å²) in [4.78, 5) is 42.7. The Morgan fingerprint density at radius 2 is 2.16 bits per heavy atom. The molecule has 11 heteroatoms. The SMILES string of the molecule is Cc1c(F)cc2nc3c(c4c2c1CC[C@@H]4NC(=O)OCC(C)SSCCCC(=O)O)CN1C(=O)CCC=C31. The molecule has 202 valence electrons. The van der Waals surface area contributed by atoms with Gasteiger partial charge in [-0.05, 0) is 56.2 Å².